The third-order valence-corrected chi connectivity index (χ3v) is 2.41. The van der Waals surface area contributed by atoms with Crippen LogP contribution in [0.4, 0.5) is 0 Å². The van der Waals surface area contributed by atoms with E-state index >= 15 is 0 Å². The summed E-state index contributed by atoms with van der Waals surface area (Å²) in [6, 6.07) is 0. The highest BCUT2D eigenvalue weighted by Gasteiger charge is 1.99. The fourth-order valence-electron chi connectivity index (χ4n) is 1.60. The standard InChI is InChI=1S/C14H28N2/c1-5-10-16(11-6-2)12-8-7-9-15-13-14(3)4/h5-6,14-15H,1-2,7-13H2,3-4H3. The molecule has 0 heterocycles. The second kappa shape index (κ2) is 10.9. The molecule has 0 aromatic carbocycles. The van der Waals surface area contributed by atoms with Crippen molar-refractivity contribution in [2.24, 2.45) is 5.92 Å². The van der Waals surface area contributed by atoms with Crippen LogP contribution in [0.25, 0.3) is 0 Å². The molecule has 0 amide bonds. The zero-order chi connectivity index (χ0) is 12.2. The van der Waals surface area contributed by atoms with Crippen LogP contribution in [0.3, 0.4) is 0 Å². The van der Waals surface area contributed by atoms with Gasteiger partial charge in [-0.2, -0.15) is 0 Å². The van der Waals surface area contributed by atoms with Crippen LogP contribution in [0.1, 0.15) is 26.7 Å². The molecule has 0 saturated heterocycles. The molecule has 0 unspecified atom stereocenters. The molecule has 1 N–H and O–H groups in total. The lowest BCUT2D eigenvalue weighted by Crippen LogP contribution is -2.26. The van der Waals surface area contributed by atoms with E-state index < -0.39 is 0 Å². The van der Waals surface area contributed by atoms with Gasteiger partial charge in [-0.1, -0.05) is 26.0 Å². The Hall–Kier alpha value is -0.600. The Kier molecular flexibility index (Phi) is 10.5. The van der Waals surface area contributed by atoms with E-state index in [0.717, 1.165) is 38.6 Å². The van der Waals surface area contributed by atoms with Crippen molar-refractivity contribution in [3.05, 3.63) is 25.3 Å². The van der Waals surface area contributed by atoms with Gasteiger partial charge >= 0.3 is 0 Å². The lowest BCUT2D eigenvalue weighted by molar-refractivity contribution is 0.325. The Bertz CT molecular complexity index is 166. The molecule has 94 valence electrons. The van der Waals surface area contributed by atoms with Crippen LogP contribution in [-0.2, 0) is 0 Å². The van der Waals surface area contributed by atoms with Crippen molar-refractivity contribution in [3.63, 3.8) is 0 Å². The highest BCUT2D eigenvalue weighted by molar-refractivity contribution is 4.79. The molecular formula is C14H28N2. The minimum Gasteiger partial charge on any atom is -0.316 e. The van der Waals surface area contributed by atoms with Crippen molar-refractivity contribution in [3.8, 4) is 0 Å². The molecule has 0 aliphatic heterocycles. The predicted octanol–water partition coefficient (Wildman–Crippen LogP) is 2.69. The second-order valence-corrected chi connectivity index (χ2v) is 4.64. The molecule has 0 aliphatic rings. The second-order valence-electron chi connectivity index (χ2n) is 4.64. The van der Waals surface area contributed by atoms with Gasteiger partial charge in [0.25, 0.3) is 0 Å². The maximum Gasteiger partial charge on any atom is 0.0163 e. The summed E-state index contributed by atoms with van der Waals surface area (Å²) in [6.07, 6.45) is 6.41. The average molecular weight is 224 g/mol. The van der Waals surface area contributed by atoms with Crippen LogP contribution in [0.2, 0.25) is 0 Å². The fraction of sp³-hybridized carbons (Fsp3) is 0.714. The number of rotatable bonds is 11. The van der Waals surface area contributed by atoms with E-state index in [1.807, 2.05) is 12.2 Å². The lowest BCUT2D eigenvalue weighted by Gasteiger charge is -2.18. The van der Waals surface area contributed by atoms with Crippen LogP contribution >= 0.6 is 0 Å². The highest BCUT2D eigenvalue weighted by atomic mass is 15.1. The summed E-state index contributed by atoms with van der Waals surface area (Å²) in [6.45, 7) is 17.3. The van der Waals surface area contributed by atoms with Gasteiger partial charge in [0.1, 0.15) is 0 Å². The topological polar surface area (TPSA) is 15.3 Å². The molecule has 0 aromatic heterocycles. The van der Waals surface area contributed by atoms with Gasteiger partial charge in [0.15, 0.2) is 0 Å². The van der Waals surface area contributed by atoms with Gasteiger partial charge in [-0.05, 0) is 38.4 Å². The van der Waals surface area contributed by atoms with Crippen LogP contribution < -0.4 is 5.32 Å². The third-order valence-electron chi connectivity index (χ3n) is 2.41. The van der Waals surface area contributed by atoms with Crippen LogP contribution in [-0.4, -0.2) is 37.6 Å². The molecule has 0 rings (SSSR count). The largest absolute Gasteiger partial charge is 0.316 e. The summed E-state index contributed by atoms with van der Waals surface area (Å²) in [5, 5.41) is 3.46. The Labute approximate surface area is 101 Å². The summed E-state index contributed by atoms with van der Waals surface area (Å²) in [4.78, 5) is 2.36. The third kappa shape index (κ3) is 9.94. The lowest BCUT2D eigenvalue weighted by atomic mass is 10.2. The number of nitrogens with zero attached hydrogens (tertiary/aromatic N) is 1. The van der Waals surface area contributed by atoms with Gasteiger partial charge in [0, 0.05) is 13.1 Å². The van der Waals surface area contributed by atoms with Crippen molar-refractivity contribution in [2.75, 3.05) is 32.7 Å². The fourth-order valence-corrected chi connectivity index (χ4v) is 1.60. The molecule has 0 fully saturated rings. The quantitative estimate of drug-likeness (QED) is 0.429. The maximum absolute atomic E-state index is 3.77. The summed E-state index contributed by atoms with van der Waals surface area (Å²) in [5.41, 5.74) is 0. The Morgan fingerprint density at radius 2 is 1.75 bits per heavy atom. The molecule has 0 bridgehead atoms. The molecule has 16 heavy (non-hydrogen) atoms. The minimum atomic E-state index is 0.748. The zero-order valence-corrected chi connectivity index (χ0v) is 11.0. The number of nitrogens with one attached hydrogen (secondary N) is 1. The molecule has 0 saturated carbocycles. The summed E-state index contributed by atoms with van der Waals surface area (Å²) in [5.74, 6) is 0.748. The summed E-state index contributed by atoms with van der Waals surface area (Å²) in [7, 11) is 0. The molecule has 2 nitrogen and oxygen atoms in total. The Morgan fingerprint density at radius 3 is 2.25 bits per heavy atom. The van der Waals surface area contributed by atoms with E-state index in [0.29, 0.717) is 0 Å². The van der Waals surface area contributed by atoms with E-state index in [2.05, 4.69) is 37.2 Å². The van der Waals surface area contributed by atoms with Crippen LogP contribution in [0.15, 0.2) is 25.3 Å². The normalized spacial score (nSPS) is 11.0. The first-order valence-corrected chi connectivity index (χ1v) is 6.35. The number of hydrogen-bond donors (Lipinski definition) is 1. The first kappa shape index (κ1) is 15.4. The molecule has 0 atom stereocenters. The predicted molar refractivity (Wildman–Crippen MR) is 73.8 cm³/mol. The SMILES string of the molecule is C=CCN(CC=C)CCCCNCC(C)C. The average Bonchev–Trinajstić information content (AvgIpc) is 2.23. The van der Waals surface area contributed by atoms with Crippen LogP contribution in [0, 0.1) is 5.92 Å². The van der Waals surface area contributed by atoms with Gasteiger partial charge in [0.2, 0.25) is 0 Å². The molecule has 0 radical (unpaired) electrons. The van der Waals surface area contributed by atoms with Crippen LogP contribution in [0.5, 0.6) is 0 Å². The first-order valence-electron chi connectivity index (χ1n) is 6.35. The first-order chi connectivity index (χ1) is 7.70. The number of unbranched alkanes of at least 4 members (excludes halogenated alkanes) is 1. The molecule has 0 aromatic rings. The van der Waals surface area contributed by atoms with Crippen molar-refractivity contribution in [1.29, 1.82) is 0 Å². The van der Waals surface area contributed by atoms with Gasteiger partial charge in [-0.15, -0.1) is 13.2 Å². The van der Waals surface area contributed by atoms with Gasteiger partial charge in [-0.3, -0.25) is 4.90 Å². The van der Waals surface area contributed by atoms with E-state index in [4.69, 9.17) is 0 Å². The van der Waals surface area contributed by atoms with Gasteiger partial charge in [-0.25, -0.2) is 0 Å². The highest BCUT2D eigenvalue weighted by Crippen LogP contribution is 1.96. The Morgan fingerprint density at radius 1 is 1.12 bits per heavy atom. The summed E-state index contributed by atoms with van der Waals surface area (Å²) < 4.78 is 0. The van der Waals surface area contributed by atoms with E-state index in [1.54, 1.807) is 0 Å². The van der Waals surface area contributed by atoms with E-state index in [1.165, 1.54) is 12.8 Å². The smallest absolute Gasteiger partial charge is 0.0163 e. The molecule has 0 aliphatic carbocycles. The molecule has 0 spiro atoms. The summed E-state index contributed by atoms with van der Waals surface area (Å²) >= 11 is 0. The number of hydrogen-bond acceptors (Lipinski definition) is 2. The van der Waals surface area contributed by atoms with Crippen molar-refractivity contribution >= 4 is 0 Å². The van der Waals surface area contributed by atoms with Gasteiger partial charge in [0.05, 0.1) is 0 Å². The zero-order valence-electron chi connectivity index (χ0n) is 11.0. The molecule has 2 heteroatoms. The van der Waals surface area contributed by atoms with E-state index in [9.17, 15) is 0 Å². The Balaban J connectivity index is 3.39. The van der Waals surface area contributed by atoms with Crippen molar-refractivity contribution in [2.45, 2.75) is 26.7 Å². The minimum absolute atomic E-state index is 0.748. The van der Waals surface area contributed by atoms with Gasteiger partial charge < -0.3 is 5.32 Å². The monoisotopic (exact) mass is 224 g/mol. The maximum atomic E-state index is 3.77. The molecular weight excluding hydrogens is 196 g/mol. The van der Waals surface area contributed by atoms with E-state index in [-0.39, 0.29) is 0 Å². The van der Waals surface area contributed by atoms with Crippen molar-refractivity contribution < 1.29 is 0 Å². The van der Waals surface area contributed by atoms with Crippen molar-refractivity contribution in [1.82, 2.24) is 10.2 Å².